The quantitative estimate of drug-likeness (QED) is 0.838. The summed E-state index contributed by atoms with van der Waals surface area (Å²) in [6, 6.07) is 5.13. The van der Waals surface area contributed by atoms with Crippen LogP contribution in [0.2, 0.25) is 0 Å². The average Bonchev–Trinajstić information content (AvgIpc) is 2.40. The van der Waals surface area contributed by atoms with Crippen LogP contribution in [0.25, 0.3) is 0 Å². The maximum absolute atomic E-state index is 5.86. The van der Waals surface area contributed by atoms with Crippen LogP contribution in [0.5, 0.6) is 0 Å². The van der Waals surface area contributed by atoms with E-state index < -0.39 is 0 Å². The fourth-order valence-corrected chi connectivity index (χ4v) is 2.78. The number of pyridine rings is 1. The molecule has 1 aromatic heterocycles. The van der Waals surface area contributed by atoms with Gasteiger partial charge in [-0.2, -0.15) is 0 Å². The SMILES string of the molecule is C[C@H](NC1CCCCC1CN)c1ccncc1. The number of hydrogen-bond acceptors (Lipinski definition) is 3. The van der Waals surface area contributed by atoms with Gasteiger partial charge in [0.1, 0.15) is 0 Å². The zero-order valence-electron chi connectivity index (χ0n) is 10.6. The molecule has 0 aromatic carbocycles. The highest BCUT2D eigenvalue weighted by Gasteiger charge is 2.25. The topological polar surface area (TPSA) is 50.9 Å². The highest BCUT2D eigenvalue weighted by Crippen LogP contribution is 2.25. The molecule has 1 aliphatic rings. The molecule has 3 atom stereocenters. The van der Waals surface area contributed by atoms with Gasteiger partial charge < -0.3 is 11.1 Å². The van der Waals surface area contributed by atoms with E-state index in [1.807, 2.05) is 12.4 Å². The van der Waals surface area contributed by atoms with Gasteiger partial charge in [-0.25, -0.2) is 0 Å². The first kappa shape index (κ1) is 12.5. The van der Waals surface area contributed by atoms with Crippen molar-refractivity contribution in [3.05, 3.63) is 30.1 Å². The third kappa shape index (κ3) is 3.27. The lowest BCUT2D eigenvalue weighted by Gasteiger charge is -2.33. The van der Waals surface area contributed by atoms with E-state index in [1.54, 1.807) is 0 Å². The smallest absolute Gasteiger partial charge is 0.0295 e. The Kier molecular flexibility index (Phi) is 4.51. The normalized spacial score (nSPS) is 26.7. The molecule has 1 saturated carbocycles. The van der Waals surface area contributed by atoms with Crippen LogP contribution in [0.1, 0.15) is 44.2 Å². The number of nitrogens with two attached hydrogens (primary N) is 1. The van der Waals surface area contributed by atoms with Gasteiger partial charge in [-0.1, -0.05) is 12.8 Å². The second-order valence-corrected chi connectivity index (χ2v) is 5.06. The Morgan fingerprint density at radius 2 is 2.06 bits per heavy atom. The highest BCUT2D eigenvalue weighted by molar-refractivity contribution is 5.14. The molecule has 1 heterocycles. The molecule has 3 nitrogen and oxygen atoms in total. The number of aromatic nitrogens is 1. The summed E-state index contributed by atoms with van der Waals surface area (Å²) < 4.78 is 0. The Balaban J connectivity index is 1.95. The van der Waals surface area contributed by atoms with Gasteiger partial charge in [-0.3, -0.25) is 4.98 Å². The van der Waals surface area contributed by atoms with Crippen LogP contribution in [0.15, 0.2) is 24.5 Å². The van der Waals surface area contributed by atoms with E-state index in [0.717, 1.165) is 6.54 Å². The van der Waals surface area contributed by atoms with Crippen molar-refractivity contribution in [2.24, 2.45) is 11.7 Å². The largest absolute Gasteiger partial charge is 0.330 e. The van der Waals surface area contributed by atoms with Crippen LogP contribution < -0.4 is 11.1 Å². The maximum Gasteiger partial charge on any atom is 0.0295 e. The van der Waals surface area contributed by atoms with Crippen molar-refractivity contribution >= 4 is 0 Å². The van der Waals surface area contributed by atoms with Crippen LogP contribution in [0.3, 0.4) is 0 Å². The average molecular weight is 233 g/mol. The molecule has 0 bridgehead atoms. The highest BCUT2D eigenvalue weighted by atomic mass is 15.0. The Hall–Kier alpha value is -0.930. The van der Waals surface area contributed by atoms with Crippen molar-refractivity contribution in [2.45, 2.75) is 44.7 Å². The first-order valence-corrected chi connectivity index (χ1v) is 6.67. The Bertz CT molecular complexity index is 325. The van der Waals surface area contributed by atoms with Gasteiger partial charge in [0.15, 0.2) is 0 Å². The van der Waals surface area contributed by atoms with Gasteiger partial charge in [0.25, 0.3) is 0 Å². The molecule has 0 saturated heterocycles. The van der Waals surface area contributed by atoms with E-state index in [2.05, 4.69) is 29.4 Å². The molecule has 3 heteroatoms. The fraction of sp³-hybridized carbons (Fsp3) is 0.643. The van der Waals surface area contributed by atoms with Crippen molar-refractivity contribution in [3.63, 3.8) is 0 Å². The zero-order valence-corrected chi connectivity index (χ0v) is 10.6. The van der Waals surface area contributed by atoms with Gasteiger partial charge >= 0.3 is 0 Å². The Morgan fingerprint density at radius 3 is 2.76 bits per heavy atom. The number of hydrogen-bond donors (Lipinski definition) is 2. The van der Waals surface area contributed by atoms with E-state index in [-0.39, 0.29) is 0 Å². The van der Waals surface area contributed by atoms with E-state index in [9.17, 15) is 0 Å². The van der Waals surface area contributed by atoms with Crippen molar-refractivity contribution in [3.8, 4) is 0 Å². The van der Waals surface area contributed by atoms with Gasteiger partial charge in [-0.15, -0.1) is 0 Å². The summed E-state index contributed by atoms with van der Waals surface area (Å²) >= 11 is 0. The summed E-state index contributed by atoms with van der Waals surface area (Å²) in [6.07, 6.45) is 8.92. The molecule has 0 amide bonds. The molecule has 0 aliphatic heterocycles. The zero-order chi connectivity index (χ0) is 12.1. The lowest BCUT2D eigenvalue weighted by Crippen LogP contribution is -2.42. The van der Waals surface area contributed by atoms with Crippen molar-refractivity contribution < 1.29 is 0 Å². The summed E-state index contributed by atoms with van der Waals surface area (Å²) in [5.74, 6) is 0.646. The molecule has 3 N–H and O–H groups in total. The maximum atomic E-state index is 5.86. The number of rotatable bonds is 4. The summed E-state index contributed by atoms with van der Waals surface area (Å²) in [7, 11) is 0. The predicted molar refractivity (Wildman–Crippen MR) is 70.6 cm³/mol. The molecule has 94 valence electrons. The molecule has 1 aromatic rings. The summed E-state index contributed by atoms with van der Waals surface area (Å²) in [6.45, 7) is 3.03. The molecule has 2 rings (SSSR count). The minimum atomic E-state index is 0.384. The van der Waals surface area contributed by atoms with E-state index >= 15 is 0 Å². The minimum Gasteiger partial charge on any atom is -0.330 e. The van der Waals surface area contributed by atoms with Crippen LogP contribution >= 0.6 is 0 Å². The van der Waals surface area contributed by atoms with Crippen LogP contribution in [0.4, 0.5) is 0 Å². The molecule has 17 heavy (non-hydrogen) atoms. The fourth-order valence-electron chi connectivity index (χ4n) is 2.78. The first-order valence-electron chi connectivity index (χ1n) is 6.67. The Morgan fingerprint density at radius 1 is 1.35 bits per heavy atom. The molecular weight excluding hydrogens is 210 g/mol. The van der Waals surface area contributed by atoms with E-state index in [0.29, 0.717) is 18.0 Å². The second-order valence-electron chi connectivity index (χ2n) is 5.06. The molecule has 1 aliphatic carbocycles. The molecule has 2 unspecified atom stereocenters. The summed E-state index contributed by atoms with van der Waals surface area (Å²) in [5.41, 5.74) is 7.16. The third-order valence-corrected chi connectivity index (χ3v) is 3.88. The summed E-state index contributed by atoms with van der Waals surface area (Å²) in [5, 5.41) is 3.73. The molecule has 0 radical (unpaired) electrons. The third-order valence-electron chi connectivity index (χ3n) is 3.88. The van der Waals surface area contributed by atoms with Crippen LogP contribution in [0, 0.1) is 5.92 Å². The van der Waals surface area contributed by atoms with Crippen molar-refractivity contribution in [2.75, 3.05) is 6.54 Å². The van der Waals surface area contributed by atoms with E-state index in [1.165, 1.54) is 31.2 Å². The lowest BCUT2D eigenvalue weighted by atomic mass is 9.84. The van der Waals surface area contributed by atoms with Gasteiger partial charge in [0.2, 0.25) is 0 Å². The van der Waals surface area contributed by atoms with E-state index in [4.69, 9.17) is 5.73 Å². The molecule has 0 spiro atoms. The van der Waals surface area contributed by atoms with Gasteiger partial charge in [0, 0.05) is 24.5 Å². The molecular formula is C14H23N3. The molecule has 1 fully saturated rings. The van der Waals surface area contributed by atoms with Crippen LogP contribution in [-0.2, 0) is 0 Å². The monoisotopic (exact) mass is 233 g/mol. The second kappa shape index (κ2) is 6.12. The Labute approximate surface area is 104 Å². The summed E-state index contributed by atoms with van der Waals surface area (Å²) in [4.78, 5) is 4.06. The van der Waals surface area contributed by atoms with Crippen molar-refractivity contribution in [1.82, 2.24) is 10.3 Å². The van der Waals surface area contributed by atoms with Crippen LogP contribution in [-0.4, -0.2) is 17.6 Å². The minimum absolute atomic E-state index is 0.384. The van der Waals surface area contributed by atoms with Gasteiger partial charge in [-0.05, 0) is 49.9 Å². The predicted octanol–water partition coefficient (Wildman–Crippen LogP) is 2.25. The van der Waals surface area contributed by atoms with Crippen molar-refractivity contribution in [1.29, 1.82) is 0 Å². The number of nitrogens with one attached hydrogen (secondary N) is 1. The lowest BCUT2D eigenvalue weighted by molar-refractivity contribution is 0.252. The van der Waals surface area contributed by atoms with Gasteiger partial charge in [0.05, 0.1) is 0 Å². The first-order chi connectivity index (χ1) is 8.31. The standard InChI is InChI=1S/C14H23N3/c1-11(12-6-8-16-9-7-12)17-14-5-3-2-4-13(14)10-15/h6-9,11,13-14,17H,2-5,10,15H2,1H3/t11-,13?,14?/m0/s1. The number of nitrogens with zero attached hydrogens (tertiary/aromatic N) is 1.